The number of nitrogens with zero attached hydrogens (tertiary/aromatic N) is 1. The lowest BCUT2D eigenvalue weighted by Crippen LogP contribution is -2.40. The van der Waals surface area contributed by atoms with Crippen molar-refractivity contribution in [3.05, 3.63) is 0 Å². The van der Waals surface area contributed by atoms with Crippen molar-refractivity contribution in [3.63, 3.8) is 0 Å². The highest BCUT2D eigenvalue weighted by atomic mass is 15.2. The topological polar surface area (TPSA) is 39.3 Å². The SMILES string of the molecule is CC.CC(C)N1CCCNCCNCCCNCC1. The van der Waals surface area contributed by atoms with E-state index in [2.05, 4.69) is 34.7 Å². The van der Waals surface area contributed by atoms with Gasteiger partial charge in [0.25, 0.3) is 0 Å². The van der Waals surface area contributed by atoms with E-state index < -0.39 is 0 Å². The Morgan fingerprint density at radius 1 is 0.684 bits per heavy atom. The maximum absolute atomic E-state index is 3.53. The molecule has 3 N–H and O–H groups in total. The van der Waals surface area contributed by atoms with E-state index in [4.69, 9.17) is 0 Å². The summed E-state index contributed by atoms with van der Waals surface area (Å²) in [6, 6.07) is 0.659. The van der Waals surface area contributed by atoms with Crippen molar-refractivity contribution >= 4 is 0 Å². The second-order valence-corrected chi connectivity index (χ2v) is 5.09. The van der Waals surface area contributed by atoms with E-state index in [1.54, 1.807) is 0 Å². The predicted octanol–water partition coefficient (Wildman–Crippen LogP) is 1.29. The summed E-state index contributed by atoms with van der Waals surface area (Å²) < 4.78 is 0. The second-order valence-electron chi connectivity index (χ2n) is 5.09. The molecule has 0 unspecified atom stereocenters. The third-order valence-corrected chi connectivity index (χ3v) is 3.29. The van der Waals surface area contributed by atoms with Crippen LogP contribution < -0.4 is 16.0 Å². The molecule has 0 radical (unpaired) electrons. The van der Waals surface area contributed by atoms with E-state index in [1.165, 1.54) is 25.9 Å². The Kier molecular flexibility index (Phi) is 14.1. The number of rotatable bonds is 1. The summed E-state index contributed by atoms with van der Waals surface area (Å²) in [4.78, 5) is 2.57. The van der Waals surface area contributed by atoms with Gasteiger partial charge < -0.3 is 16.0 Å². The predicted molar refractivity (Wildman–Crippen MR) is 85.9 cm³/mol. The Hall–Kier alpha value is -0.160. The Morgan fingerprint density at radius 3 is 1.79 bits per heavy atom. The lowest BCUT2D eigenvalue weighted by Gasteiger charge is -2.26. The average Bonchev–Trinajstić information content (AvgIpc) is 2.43. The summed E-state index contributed by atoms with van der Waals surface area (Å²) >= 11 is 0. The first kappa shape index (κ1) is 18.8. The van der Waals surface area contributed by atoms with Crippen LogP contribution in [0.3, 0.4) is 0 Å². The van der Waals surface area contributed by atoms with E-state index in [1.807, 2.05) is 13.8 Å². The van der Waals surface area contributed by atoms with Gasteiger partial charge >= 0.3 is 0 Å². The third kappa shape index (κ3) is 11.4. The van der Waals surface area contributed by atoms with Crippen LogP contribution in [0.4, 0.5) is 0 Å². The average molecular weight is 272 g/mol. The summed E-state index contributed by atoms with van der Waals surface area (Å²) in [5.41, 5.74) is 0. The van der Waals surface area contributed by atoms with Gasteiger partial charge in [-0.2, -0.15) is 0 Å². The highest BCUT2D eigenvalue weighted by Crippen LogP contribution is 1.98. The highest BCUT2D eigenvalue weighted by Gasteiger charge is 2.08. The van der Waals surface area contributed by atoms with Gasteiger partial charge in [-0.1, -0.05) is 13.8 Å². The molecular formula is C15H36N4. The lowest BCUT2D eigenvalue weighted by atomic mass is 10.2. The summed E-state index contributed by atoms with van der Waals surface area (Å²) in [5, 5.41) is 10.5. The van der Waals surface area contributed by atoms with Gasteiger partial charge in [-0.15, -0.1) is 0 Å². The molecule has 0 bridgehead atoms. The van der Waals surface area contributed by atoms with Gasteiger partial charge in [0.2, 0.25) is 0 Å². The molecule has 0 atom stereocenters. The van der Waals surface area contributed by atoms with Crippen molar-refractivity contribution in [1.82, 2.24) is 20.9 Å². The van der Waals surface area contributed by atoms with Gasteiger partial charge in [-0.05, 0) is 52.9 Å². The lowest BCUT2D eigenvalue weighted by molar-refractivity contribution is 0.218. The summed E-state index contributed by atoms with van der Waals surface area (Å²) in [5.74, 6) is 0. The molecule has 0 aliphatic carbocycles. The van der Waals surface area contributed by atoms with E-state index in [9.17, 15) is 0 Å². The van der Waals surface area contributed by atoms with Gasteiger partial charge in [0.15, 0.2) is 0 Å². The largest absolute Gasteiger partial charge is 0.315 e. The van der Waals surface area contributed by atoms with Crippen molar-refractivity contribution in [1.29, 1.82) is 0 Å². The molecule has 1 heterocycles. The Labute approximate surface area is 120 Å². The monoisotopic (exact) mass is 272 g/mol. The molecule has 4 nitrogen and oxygen atoms in total. The van der Waals surface area contributed by atoms with E-state index in [-0.39, 0.29) is 0 Å². The summed E-state index contributed by atoms with van der Waals surface area (Å²) in [6.45, 7) is 17.7. The fraction of sp³-hybridized carbons (Fsp3) is 1.00. The van der Waals surface area contributed by atoms with Gasteiger partial charge in [-0.3, -0.25) is 4.90 Å². The number of hydrogen-bond donors (Lipinski definition) is 3. The van der Waals surface area contributed by atoms with Crippen LogP contribution in [0, 0.1) is 0 Å². The molecule has 4 heteroatoms. The number of hydrogen-bond acceptors (Lipinski definition) is 4. The molecule has 1 aliphatic heterocycles. The van der Waals surface area contributed by atoms with Gasteiger partial charge in [0.1, 0.15) is 0 Å². The minimum absolute atomic E-state index is 0.659. The molecule has 1 saturated heterocycles. The third-order valence-electron chi connectivity index (χ3n) is 3.29. The smallest absolute Gasteiger partial charge is 0.0110 e. The zero-order valence-electron chi connectivity index (χ0n) is 13.6. The van der Waals surface area contributed by atoms with Gasteiger partial charge in [0.05, 0.1) is 0 Å². The van der Waals surface area contributed by atoms with Crippen LogP contribution in [-0.4, -0.2) is 63.3 Å². The Balaban J connectivity index is 0.00000154. The van der Waals surface area contributed by atoms with Crippen LogP contribution in [-0.2, 0) is 0 Å². The first-order valence-corrected chi connectivity index (χ1v) is 8.17. The van der Waals surface area contributed by atoms with E-state index >= 15 is 0 Å². The van der Waals surface area contributed by atoms with Crippen LogP contribution in [0.1, 0.15) is 40.5 Å². The first-order valence-electron chi connectivity index (χ1n) is 8.17. The van der Waals surface area contributed by atoms with Crippen molar-refractivity contribution in [2.45, 2.75) is 46.6 Å². The molecule has 0 aromatic heterocycles. The standard InChI is InChI=1S/C13H30N4.C2H6/c1-13(2)17-11-4-7-15-9-8-14-5-3-6-16-10-12-17;1-2/h13-16H,3-12H2,1-2H3;1-2H3. The van der Waals surface area contributed by atoms with Crippen molar-refractivity contribution in [2.75, 3.05) is 52.4 Å². The maximum Gasteiger partial charge on any atom is 0.0110 e. The van der Waals surface area contributed by atoms with E-state index in [0.29, 0.717) is 6.04 Å². The molecule has 1 rings (SSSR count). The molecule has 19 heavy (non-hydrogen) atoms. The van der Waals surface area contributed by atoms with Crippen molar-refractivity contribution in [2.24, 2.45) is 0 Å². The van der Waals surface area contributed by atoms with Crippen molar-refractivity contribution < 1.29 is 0 Å². The molecule has 0 aromatic carbocycles. The zero-order valence-corrected chi connectivity index (χ0v) is 13.6. The van der Waals surface area contributed by atoms with Crippen LogP contribution in [0.15, 0.2) is 0 Å². The molecular weight excluding hydrogens is 236 g/mol. The minimum atomic E-state index is 0.659. The maximum atomic E-state index is 3.53. The van der Waals surface area contributed by atoms with Crippen molar-refractivity contribution in [3.8, 4) is 0 Å². The molecule has 116 valence electrons. The molecule has 0 aromatic rings. The molecule has 0 amide bonds. The molecule has 1 fully saturated rings. The van der Waals surface area contributed by atoms with E-state index in [0.717, 1.165) is 39.3 Å². The quantitative estimate of drug-likeness (QED) is 0.673. The number of nitrogens with one attached hydrogen (secondary N) is 3. The van der Waals surface area contributed by atoms with Crippen LogP contribution in [0.25, 0.3) is 0 Å². The normalized spacial score (nSPS) is 21.3. The molecule has 0 saturated carbocycles. The highest BCUT2D eigenvalue weighted by molar-refractivity contribution is 4.66. The fourth-order valence-corrected chi connectivity index (χ4v) is 2.15. The van der Waals surface area contributed by atoms with Gasteiger partial charge in [0, 0.05) is 32.2 Å². The zero-order chi connectivity index (χ0) is 14.3. The second kappa shape index (κ2) is 14.3. The van der Waals surface area contributed by atoms with Gasteiger partial charge in [-0.25, -0.2) is 0 Å². The van der Waals surface area contributed by atoms with Crippen LogP contribution in [0.5, 0.6) is 0 Å². The molecule has 0 spiro atoms. The summed E-state index contributed by atoms with van der Waals surface area (Å²) in [6.07, 6.45) is 2.47. The minimum Gasteiger partial charge on any atom is -0.315 e. The molecule has 1 aliphatic rings. The Morgan fingerprint density at radius 2 is 1.21 bits per heavy atom. The Bertz CT molecular complexity index is 160. The van der Waals surface area contributed by atoms with Crippen LogP contribution in [0.2, 0.25) is 0 Å². The van der Waals surface area contributed by atoms with Crippen LogP contribution >= 0.6 is 0 Å². The fourth-order valence-electron chi connectivity index (χ4n) is 2.15. The first-order chi connectivity index (χ1) is 9.30. The summed E-state index contributed by atoms with van der Waals surface area (Å²) in [7, 11) is 0.